The molecule has 1 heterocycles. The molecule has 2 N–H and O–H groups in total. The summed E-state index contributed by atoms with van der Waals surface area (Å²) in [5.41, 5.74) is 0. The third-order valence-electron chi connectivity index (χ3n) is 3.79. The maximum absolute atomic E-state index is 12.4. The van der Waals surface area contributed by atoms with E-state index in [1.165, 1.54) is 0 Å². The summed E-state index contributed by atoms with van der Waals surface area (Å²) < 4.78 is 0. The van der Waals surface area contributed by atoms with E-state index in [9.17, 15) is 14.7 Å². The molecule has 108 valence electrons. The van der Waals surface area contributed by atoms with Crippen LogP contribution in [0.2, 0.25) is 0 Å². The van der Waals surface area contributed by atoms with E-state index in [2.05, 4.69) is 5.32 Å². The first kappa shape index (κ1) is 13.4. The lowest BCUT2D eigenvalue weighted by atomic mass is 10.2. The number of amides is 2. The van der Waals surface area contributed by atoms with Crippen LogP contribution in [0.1, 0.15) is 30.6 Å². The molecule has 1 atom stereocenters. The molecule has 2 fully saturated rings. The van der Waals surface area contributed by atoms with Crippen molar-refractivity contribution >= 4 is 23.3 Å². The van der Waals surface area contributed by atoms with Gasteiger partial charge in [0.05, 0.1) is 6.54 Å². The fourth-order valence-electron chi connectivity index (χ4n) is 2.35. The van der Waals surface area contributed by atoms with E-state index in [-0.39, 0.29) is 18.0 Å². The Morgan fingerprint density at radius 2 is 2.15 bits per heavy atom. The van der Waals surface area contributed by atoms with Crippen molar-refractivity contribution in [2.45, 2.75) is 44.3 Å². The highest BCUT2D eigenvalue weighted by molar-refractivity contribution is 7.09. The van der Waals surface area contributed by atoms with Crippen LogP contribution in [0.4, 0.5) is 4.79 Å². The van der Waals surface area contributed by atoms with E-state index in [0.29, 0.717) is 6.54 Å². The molecule has 2 saturated carbocycles. The first-order chi connectivity index (χ1) is 9.65. The van der Waals surface area contributed by atoms with E-state index >= 15 is 0 Å². The summed E-state index contributed by atoms with van der Waals surface area (Å²) in [7, 11) is 0. The number of hydrogen-bond acceptors (Lipinski definition) is 3. The van der Waals surface area contributed by atoms with Crippen molar-refractivity contribution in [2.75, 3.05) is 0 Å². The average Bonchev–Trinajstić information content (AvgIpc) is 3.33. The van der Waals surface area contributed by atoms with E-state index in [0.717, 1.165) is 30.6 Å². The number of aliphatic carboxylic acids is 1. The molecule has 1 unspecified atom stereocenters. The van der Waals surface area contributed by atoms with Crippen molar-refractivity contribution in [3.05, 3.63) is 22.4 Å². The first-order valence-corrected chi connectivity index (χ1v) is 7.85. The minimum Gasteiger partial charge on any atom is -0.480 e. The van der Waals surface area contributed by atoms with Gasteiger partial charge in [-0.15, -0.1) is 11.3 Å². The maximum atomic E-state index is 12.4. The van der Waals surface area contributed by atoms with Crippen LogP contribution >= 0.6 is 11.3 Å². The number of rotatable bonds is 6. The number of hydrogen-bond donors (Lipinski definition) is 2. The van der Waals surface area contributed by atoms with Crippen LogP contribution in [0.3, 0.4) is 0 Å². The Kier molecular flexibility index (Phi) is 3.65. The van der Waals surface area contributed by atoms with Gasteiger partial charge < -0.3 is 15.3 Å². The van der Waals surface area contributed by atoms with Gasteiger partial charge in [0.25, 0.3) is 0 Å². The Balaban J connectivity index is 1.64. The summed E-state index contributed by atoms with van der Waals surface area (Å²) in [4.78, 5) is 26.5. The Morgan fingerprint density at radius 3 is 2.65 bits per heavy atom. The minimum absolute atomic E-state index is 0.110. The number of urea groups is 1. The molecule has 0 bridgehead atoms. The molecule has 0 spiro atoms. The molecule has 5 nitrogen and oxygen atoms in total. The fourth-order valence-corrected chi connectivity index (χ4v) is 3.05. The van der Waals surface area contributed by atoms with Crippen molar-refractivity contribution in [3.63, 3.8) is 0 Å². The van der Waals surface area contributed by atoms with Crippen LogP contribution in [0.25, 0.3) is 0 Å². The van der Waals surface area contributed by atoms with Gasteiger partial charge >= 0.3 is 12.0 Å². The Hall–Kier alpha value is -1.56. The third-order valence-corrected chi connectivity index (χ3v) is 4.65. The van der Waals surface area contributed by atoms with Gasteiger partial charge in [-0.05, 0) is 43.0 Å². The predicted octanol–water partition coefficient (Wildman–Crippen LogP) is 2.29. The summed E-state index contributed by atoms with van der Waals surface area (Å²) in [6.45, 7) is 0.575. The molecule has 20 heavy (non-hydrogen) atoms. The number of carboxylic acids is 1. The van der Waals surface area contributed by atoms with E-state index in [1.807, 2.05) is 17.5 Å². The second kappa shape index (κ2) is 5.44. The Labute approximate surface area is 121 Å². The second-order valence-corrected chi connectivity index (χ2v) is 6.57. The minimum atomic E-state index is -0.923. The van der Waals surface area contributed by atoms with Crippen LogP contribution in [0.5, 0.6) is 0 Å². The smallest absolute Gasteiger partial charge is 0.326 e. The fraction of sp³-hybridized carbons (Fsp3) is 0.571. The molecule has 3 rings (SSSR count). The Morgan fingerprint density at radius 1 is 1.40 bits per heavy atom. The van der Waals surface area contributed by atoms with Crippen LogP contribution in [0.15, 0.2) is 17.5 Å². The highest BCUT2D eigenvalue weighted by Gasteiger charge is 2.40. The number of carbonyl (C=O) groups excluding carboxylic acids is 1. The largest absolute Gasteiger partial charge is 0.480 e. The van der Waals surface area contributed by atoms with Crippen molar-refractivity contribution in [3.8, 4) is 0 Å². The normalized spacial score (nSPS) is 19.4. The second-order valence-electron chi connectivity index (χ2n) is 5.54. The molecule has 2 aliphatic carbocycles. The quantitative estimate of drug-likeness (QED) is 0.845. The lowest BCUT2D eigenvalue weighted by Gasteiger charge is -2.24. The van der Waals surface area contributed by atoms with Crippen LogP contribution < -0.4 is 5.32 Å². The summed E-state index contributed by atoms with van der Waals surface area (Å²) in [6, 6.07) is 3.27. The van der Waals surface area contributed by atoms with E-state index in [1.54, 1.807) is 16.2 Å². The number of thiophene rings is 1. The summed E-state index contributed by atoms with van der Waals surface area (Å²) in [5, 5.41) is 13.9. The van der Waals surface area contributed by atoms with Crippen LogP contribution in [0, 0.1) is 5.92 Å². The average molecular weight is 294 g/mol. The van der Waals surface area contributed by atoms with Gasteiger partial charge in [0.1, 0.15) is 6.04 Å². The van der Waals surface area contributed by atoms with Crippen molar-refractivity contribution < 1.29 is 14.7 Å². The first-order valence-electron chi connectivity index (χ1n) is 6.97. The zero-order chi connectivity index (χ0) is 14.1. The molecular formula is C14H18N2O3S. The van der Waals surface area contributed by atoms with Gasteiger partial charge in [-0.3, -0.25) is 0 Å². The van der Waals surface area contributed by atoms with Crippen molar-refractivity contribution in [1.29, 1.82) is 0 Å². The van der Waals surface area contributed by atoms with Gasteiger partial charge in [-0.1, -0.05) is 6.07 Å². The van der Waals surface area contributed by atoms with Crippen LogP contribution in [-0.2, 0) is 11.3 Å². The standard InChI is InChI=1S/C14H18N2O3S/c17-13(18)12(9-3-4-9)15-14(19)16(10-5-6-10)8-11-2-1-7-20-11/h1-2,7,9-10,12H,3-6,8H2,(H,15,19)(H,17,18). The summed E-state index contributed by atoms with van der Waals surface area (Å²) >= 11 is 1.62. The lowest BCUT2D eigenvalue weighted by Crippen LogP contribution is -2.49. The number of carbonyl (C=O) groups is 2. The topological polar surface area (TPSA) is 69.6 Å². The number of carboxylic acid groups (broad SMARTS) is 1. The summed E-state index contributed by atoms with van der Waals surface area (Å²) in [6.07, 6.45) is 3.82. The Bertz CT molecular complexity index is 495. The molecule has 0 aliphatic heterocycles. The molecular weight excluding hydrogens is 276 g/mol. The maximum Gasteiger partial charge on any atom is 0.326 e. The molecule has 0 saturated heterocycles. The van der Waals surface area contributed by atoms with Gasteiger partial charge in [0.15, 0.2) is 0 Å². The lowest BCUT2D eigenvalue weighted by molar-refractivity contribution is -0.139. The molecule has 6 heteroatoms. The van der Waals surface area contributed by atoms with Gasteiger partial charge in [-0.2, -0.15) is 0 Å². The van der Waals surface area contributed by atoms with Gasteiger partial charge in [0.2, 0.25) is 0 Å². The van der Waals surface area contributed by atoms with Crippen LogP contribution in [-0.4, -0.2) is 34.1 Å². The zero-order valence-electron chi connectivity index (χ0n) is 11.1. The zero-order valence-corrected chi connectivity index (χ0v) is 11.9. The van der Waals surface area contributed by atoms with E-state index < -0.39 is 12.0 Å². The molecule has 1 aromatic heterocycles. The molecule has 0 radical (unpaired) electrons. The number of nitrogens with zero attached hydrogens (tertiary/aromatic N) is 1. The molecule has 0 aromatic carbocycles. The third kappa shape index (κ3) is 3.12. The molecule has 1 aromatic rings. The van der Waals surface area contributed by atoms with Gasteiger partial charge in [0, 0.05) is 10.9 Å². The monoisotopic (exact) mass is 294 g/mol. The highest BCUT2D eigenvalue weighted by atomic mass is 32.1. The van der Waals surface area contributed by atoms with E-state index in [4.69, 9.17) is 0 Å². The van der Waals surface area contributed by atoms with Crippen molar-refractivity contribution in [1.82, 2.24) is 10.2 Å². The molecule has 2 amide bonds. The predicted molar refractivity (Wildman–Crippen MR) is 75.6 cm³/mol. The number of nitrogens with one attached hydrogen (secondary N) is 1. The van der Waals surface area contributed by atoms with Crippen molar-refractivity contribution in [2.24, 2.45) is 5.92 Å². The SMILES string of the molecule is O=C(O)C(NC(=O)N(Cc1cccs1)C1CC1)C1CC1. The summed E-state index contributed by atoms with van der Waals surface area (Å²) in [5.74, 6) is -0.813. The highest BCUT2D eigenvalue weighted by Crippen LogP contribution is 2.34. The molecule has 2 aliphatic rings. The van der Waals surface area contributed by atoms with Gasteiger partial charge in [-0.25, -0.2) is 9.59 Å².